The lowest BCUT2D eigenvalue weighted by Gasteiger charge is -2.22. The number of carboxylic acids is 1. The van der Waals surface area contributed by atoms with Crippen molar-refractivity contribution in [2.45, 2.75) is 44.2 Å². The van der Waals surface area contributed by atoms with Crippen LogP contribution in [0.5, 0.6) is 0 Å². The highest BCUT2D eigenvalue weighted by Gasteiger charge is 2.30. The number of aliphatic carboxylic acids is 1. The molecule has 0 spiro atoms. The highest BCUT2D eigenvalue weighted by Crippen LogP contribution is 2.44. The number of nitrogens with one attached hydrogen (secondary N) is 2. The predicted molar refractivity (Wildman–Crippen MR) is 131 cm³/mol. The summed E-state index contributed by atoms with van der Waals surface area (Å²) < 4.78 is 28.8. The summed E-state index contributed by atoms with van der Waals surface area (Å²) in [6, 6.07) is 13.9. The Kier molecular flexibility index (Phi) is 8.50. The number of amides is 2. The molecule has 0 fully saturated rings. The fourth-order valence-electron chi connectivity index (χ4n) is 4.19. The van der Waals surface area contributed by atoms with Crippen molar-refractivity contribution in [1.82, 2.24) is 10.6 Å². The van der Waals surface area contributed by atoms with Crippen molar-refractivity contribution >= 4 is 27.8 Å². The highest BCUT2D eigenvalue weighted by atomic mass is 32.2. The van der Waals surface area contributed by atoms with Crippen LogP contribution in [0.2, 0.25) is 0 Å². The Hall–Kier alpha value is -3.40. The van der Waals surface area contributed by atoms with E-state index < -0.39 is 39.9 Å². The minimum absolute atomic E-state index is 0.0386. The van der Waals surface area contributed by atoms with Crippen molar-refractivity contribution in [1.29, 1.82) is 0 Å². The molecule has 0 heterocycles. The molecule has 0 saturated carbocycles. The van der Waals surface area contributed by atoms with Gasteiger partial charge in [-0.25, -0.2) is 13.2 Å². The minimum Gasteiger partial charge on any atom is -0.481 e. The molecule has 0 radical (unpaired) electrons. The second kappa shape index (κ2) is 11.4. The second-order valence-corrected chi connectivity index (χ2v) is 10.9. The zero-order valence-corrected chi connectivity index (χ0v) is 20.5. The van der Waals surface area contributed by atoms with Crippen molar-refractivity contribution < 1.29 is 32.6 Å². The number of ether oxygens (including phenoxy) is 1. The van der Waals surface area contributed by atoms with Crippen molar-refractivity contribution in [2.75, 3.05) is 18.6 Å². The van der Waals surface area contributed by atoms with Gasteiger partial charge in [0, 0.05) is 18.2 Å². The van der Waals surface area contributed by atoms with Gasteiger partial charge in [-0.2, -0.15) is 0 Å². The zero-order chi connectivity index (χ0) is 25.6. The number of sulfone groups is 1. The van der Waals surface area contributed by atoms with Gasteiger partial charge in [0.1, 0.15) is 22.5 Å². The van der Waals surface area contributed by atoms with Crippen molar-refractivity contribution in [3.63, 3.8) is 0 Å². The molecule has 2 atom stereocenters. The Morgan fingerprint density at radius 2 is 1.57 bits per heavy atom. The van der Waals surface area contributed by atoms with Gasteiger partial charge in [-0.05, 0) is 35.1 Å². The molecule has 1 unspecified atom stereocenters. The average Bonchev–Trinajstić information content (AvgIpc) is 3.12. The first-order valence-corrected chi connectivity index (χ1v) is 13.5. The van der Waals surface area contributed by atoms with Gasteiger partial charge in [0.15, 0.2) is 0 Å². The summed E-state index contributed by atoms with van der Waals surface area (Å²) >= 11 is 0. The third kappa shape index (κ3) is 7.05. The number of carbonyl (C=O) groups is 3. The largest absolute Gasteiger partial charge is 0.481 e. The molecule has 2 amide bonds. The van der Waals surface area contributed by atoms with Crippen molar-refractivity contribution in [3.05, 3.63) is 59.7 Å². The SMILES string of the molecule is CC[C@H](CC(=O)O)NC(=O)C(CCS(C)(=O)=O)NC(=O)OCC1c2ccccc2-c2ccccc21. The molecule has 1 aliphatic rings. The maximum absolute atomic E-state index is 12.8. The van der Waals surface area contributed by atoms with E-state index in [2.05, 4.69) is 10.6 Å². The number of carboxylic acid groups (broad SMARTS) is 1. The monoisotopic (exact) mass is 502 g/mol. The Morgan fingerprint density at radius 3 is 2.09 bits per heavy atom. The molecule has 0 aliphatic heterocycles. The molecule has 35 heavy (non-hydrogen) atoms. The van der Waals surface area contributed by atoms with Gasteiger partial charge in [0.25, 0.3) is 0 Å². The van der Waals surface area contributed by atoms with Crippen LogP contribution in [0, 0.1) is 0 Å². The van der Waals surface area contributed by atoms with E-state index in [0.717, 1.165) is 28.5 Å². The molecule has 1 aliphatic carbocycles. The van der Waals surface area contributed by atoms with E-state index in [1.165, 1.54) is 0 Å². The van der Waals surface area contributed by atoms with Gasteiger partial charge in [-0.1, -0.05) is 55.5 Å². The lowest BCUT2D eigenvalue weighted by molar-refractivity contribution is -0.137. The summed E-state index contributed by atoms with van der Waals surface area (Å²) in [6.07, 6.45) is 0.0903. The van der Waals surface area contributed by atoms with Gasteiger partial charge >= 0.3 is 12.1 Å². The van der Waals surface area contributed by atoms with Gasteiger partial charge in [0.05, 0.1) is 12.2 Å². The minimum atomic E-state index is -3.40. The van der Waals surface area contributed by atoms with E-state index >= 15 is 0 Å². The Balaban J connectivity index is 1.68. The van der Waals surface area contributed by atoms with Crippen LogP contribution in [0.15, 0.2) is 48.5 Å². The predicted octanol–water partition coefficient (Wildman–Crippen LogP) is 2.70. The number of hydrogen-bond acceptors (Lipinski definition) is 6. The standard InChI is InChI=1S/C25H30N2O7S/c1-3-16(14-23(28)29)26-24(30)22(12-13-35(2,32)33)27-25(31)34-15-21-19-10-6-4-8-17(19)18-9-5-7-11-20(18)21/h4-11,16,21-22H,3,12-15H2,1-2H3,(H,26,30)(H,27,31)(H,28,29)/t16-,22?/m1/s1. The third-order valence-electron chi connectivity index (χ3n) is 5.99. The van der Waals surface area contributed by atoms with Crippen LogP contribution in [-0.2, 0) is 24.2 Å². The van der Waals surface area contributed by atoms with Gasteiger partial charge < -0.3 is 20.5 Å². The number of carbonyl (C=O) groups excluding carboxylic acids is 2. The summed E-state index contributed by atoms with van der Waals surface area (Å²) in [5.41, 5.74) is 4.22. The molecule has 0 aromatic heterocycles. The van der Waals surface area contributed by atoms with Gasteiger partial charge in [-0.15, -0.1) is 0 Å². The van der Waals surface area contributed by atoms with E-state index in [0.29, 0.717) is 6.42 Å². The Morgan fingerprint density at radius 1 is 1.00 bits per heavy atom. The number of benzene rings is 2. The van der Waals surface area contributed by atoms with Crippen LogP contribution in [0.1, 0.15) is 43.2 Å². The molecule has 10 heteroatoms. The first-order chi connectivity index (χ1) is 16.6. The van der Waals surface area contributed by atoms with E-state index in [-0.39, 0.29) is 31.1 Å². The topological polar surface area (TPSA) is 139 Å². The highest BCUT2D eigenvalue weighted by molar-refractivity contribution is 7.90. The summed E-state index contributed by atoms with van der Waals surface area (Å²) in [7, 11) is -3.40. The molecule has 3 N–H and O–H groups in total. The van der Waals surface area contributed by atoms with Crippen molar-refractivity contribution in [2.24, 2.45) is 0 Å². The third-order valence-corrected chi connectivity index (χ3v) is 6.97. The molecular weight excluding hydrogens is 472 g/mol. The first kappa shape index (κ1) is 26.2. The normalized spacial score (nSPS) is 14.3. The molecule has 9 nitrogen and oxygen atoms in total. The van der Waals surface area contributed by atoms with Crippen LogP contribution < -0.4 is 10.6 Å². The molecule has 3 rings (SSSR count). The zero-order valence-electron chi connectivity index (χ0n) is 19.7. The van der Waals surface area contributed by atoms with Gasteiger partial charge in [0.2, 0.25) is 5.91 Å². The second-order valence-electron chi connectivity index (χ2n) is 8.65. The number of fused-ring (bicyclic) bond motifs is 3. The molecule has 0 bridgehead atoms. The quantitative estimate of drug-likeness (QED) is 0.429. The summed E-state index contributed by atoms with van der Waals surface area (Å²) in [5, 5.41) is 14.1. The van der Waals surface area contributed by atoms with Crippen LogP contribution in [0.25, 0.3) is 11.1 Å². The fourth-order valence-corrected chi connectivity index (χ4v) is 4.86. The van der Waals surface area contributed by atoms with Crippen LogP contribution >= 0.6 is 0 Å². The molecule has 0 saturated heterocycles. The van der Waals surface area contributed by atoms with Crippen LogP contribution in [-0.4, -0.2) is 62.2 Å². The summed E-state index contributed by atoms with van der Waals surface area (Å²) in [6.45, 7) is 1.76. The maximum atomic E-state index is 12.8. The lowest BCUT2D eigenvalue weighted by atomic mass is 9.98. The number of rotatable bonds is 11. The fraction of sp³-hybridized carbons (Fsp3) is 0.400. The van der Waals surface area contributed by atoms with Crippen LogP contribution in [0.3, 0.4) is 0 Å². The van der Waals surface area contributed by atoms with E-state index in [1.807, 2.05) is 48.5 Å². The lowest BCUT2D eigenvalue weighted by Crippen LogP contribution is -2.50. The molecule has 2 aromatic rings. The van der Waals surface area contributed by atoms with E-state index in [9.17, 15) is 22.8 Å². The van der Waals surface area contributed by atoms with Gasteiger partial charge in [-0.3, -0.25) is 9.59 Å². The van der Waals surface area contributed by atoms with E-state index in [4.69, 9.17) is 9.84 Å². The maximum Gasteiger partial charge on any atom is 0.407 e. The molecule has 2 aromatic carbocycles. The average molecular weight is 503 g/mol. The summed E-state index contributed by atoms with van der Waals surface area (Å²) in [4.78, 5) is 36.4. The number of alkyl carbamates (subject to hydrolysis) is 1. The Bertz CT molecular complexity index is 1150. The van der Waals surface area contributed by atoms with Crippen LogP contribution in [0.4, 0.5) is 4.79 Å². The molecular formula is C25H30N2O7S. The number of hydrogen-bond donors (Lipinski definition) is 3. The Labute approximate surface area is 204 Å². The smallest absolute Gasteiger partial charge is 0.407 e. The van der Waals surface area contributed by atoms with Crippen molar-refractivity contribution in [3.8, 4) is 11.1 Å². The summed E-state index contributed by atoms with van der Waals surface area (Å²) in [5.74, 6) is -2.23. The molecule has 188 valence electrons. The first-order valence-electron chi connectivity index (χ1n) is 11.4. The van der Waals surface area contributed by atoms with E-state index in [1.54, 1.807) is 6.92 Å².